The predicted octanol–water partition coefficient (Wildman–Crippen LogP) is 0.640. The molecule has 3 N–H and O–H groups in total. The van der Waals surface area contributed by atoms with E-state index in [1.807, 2.05) is 0 Å². The minimum Gasteiger partial charge on any atom is -0.495 e. The molecule has 1 aromatic rings. The summed E-state index contributed by atoms with van der Waals surface area (Å²) in [6.45, 7) is 0.199. The highest BCUT2D eigenvalue weighted by atomic mass is 16.5. The number of amides is 1. The van der Waals surface area contributed by atoms with Crippen molar-refractivity contribution in [1.82, 2.24) is 5.32 Å². The van der Waals surface area contributed by atoms with Crippen LogP contribution in [0.4, 0.5) is 5.69 Å². The third-order valence-electron chi connectivity index (χ3n) is 1.84. The second kappa shape index (κ2) is 4.91. The first kappa shape index (κ1) is 10.9. The van der Waals surface area contributed by atoms with Crippen LogP contribution in [0.2, 0.25) is 0 Å². The standard InChI is InChI=1S/C11H12N2O2/c1-3-6-13-11(14)8-4-5-10(15-2)9(12)7-8/h1,4-5,7H,6,12H2,2H3,(H,13,14). The van der Waals surface area contributed by atoms with Crippen molar-refractivity contribution in [3.05, 3.63) is 23.8 Å². The van der Waals surface area contributed by atoms with Gasteiger partial charge in [-0.15, -0.1) is 6.42 Å². The molecule has 4 heteroatoms. The van der Waals surface area contributed by atoms with E-state index in [1.165, 1.54) is 7.11 Å². The smallest absolute Gasteiger partial charge is 0.252 e. The zero-order valence-corrected chi connectivity index (χ0v) is 8.41. The number of carbonyl (C=O) groups is 1. The van der Waals surface area contributed by atoms with Crippen molar-refractivity contribution in [2.45, 2.75) is 0 Å². The Labute approximate surface area is 88.4 Å². The van der Waals surface area contributed by atoms with Crippen LogP contribution in [0.3, 0.4) is 0 Å². The number of methoxy groups -OCH3 is 1. The van der Waals surface area contributed by atoms with E-state index in [0.717, 1.165) is 0 Å². The van der Waals surface area contributed by atoms with Gasteiger partial charge in [-0.1, -0.05) is 5.92 Å². The van der Waals surface area contributed by atoms with E-state index in [4.69, 9.17) is 16.9 Å². The Morgan fingerprint density at radius 1 is 1.67 bits per heavy atom. The molecule has 0 spiro atoms. The largest absolute Gasteiger partial charge is 0.495 e. The first-order valence-electron chi connectivity index (χ1n) is 4.34. The number of anilines is 1. The summed E-state index contributed by atoms with van der Waals surface area (Å²) in [4.78, 5) is 11.5. The van der Waals surface area contributed by atoms with Gasteiger partial charge in [0.05, 0.1) is 19.3 Å². The second-order valence-electron chi connectivity index (χ2n) is 2.84. The van der Waals surface area contributed by atoms with Gasteiger partial charge in [-0.2, -0.15) is 0 Å². The molecule has 0 atom stereocenters. The van der Waals surface area contributed by atoms with Crippen molar-refractivity contribution in [1.29, 1.82) is 0 Å². The summed E-state index contributed by atoms with van der Waals surface area (Å²) in [7, 11) is 1.52. The molecule has 1 rings (SSSR count). The van der Waals surface area contributed by atoms with Crippen LogP contribution in [0.5, 0.6) is 5.75 Å². The number of nitrogens with two attached hydrogens (primary N) is 1. The zero-order valence-electron chi connectivity index (χ0n) is 8.41. The topological polar surface area (TPSA) is 64.3 Å². The van der Waals surface area contributed by atoms with E-state index >= 15 is 0 Å². The number of hydrogen-bond acceptors (Lipinski definition) is 3. The van der Waals surface area contributed by atoms with Crippen molar-refractivity contribution in [2.24, 2.45) is 0 Å². The molecular formula is C11H12N2O2. The molecule has 0 saturated carbocycles. The maximum absolute atomic E-state index is 11.5. The Balaban J connectivity index is 2.84. The fourth-order valence-corrected chi connectivity index (χ4v) is 1.11. The Bertz CT molecular complexity index is 408. The number of terminal acetylenes is 1. The zero-order chi connectivity index (χ0) is 11.3. The number of benzene rings is 1. The maximum atomic E-state index is 11.5. The van der Waals surface area contributed by atoms with Crippen molar-refractivity contribution < 1.29 is 9.53 Å². The lowest BCUT2D eigenvalue weighted by Crippen LogP contribution is -2.23. The molecule has 0 bridgehead atoms. The van der Waals surface area contributed by atoms with E-state index < -0.39 is 0 Å². The lowest BCUT2D eigenvalue weighted by atomic mass is 10.2. The number of carbonyl (C=O) groups excluding carboxylic acids is 1. The molecule has 0 aromatic heterocycles. The van der Waals surface area contributed by atoms with Crippen LogP contribution in [0.1, 0.15) is 10.4 Å². The highest BCUT2D eigenvalue weighted by Crippen LogP contribution is 2.21. The molecule has 1 amide bonds. The van der Waals surface area contributed by atoms with Crippen LogP contribution in [-0.4, -0.2) is 19.6 Å². The summed E-state index contributed by atoms with van der Waals surface area (Å²) in [5.74, 6) is 2.61. The summed E-state index contributed by atoms with van der Waals surface area (Å²) in [5, 5.41) is 2.54. The molecule has 1 aromatic carbocycles. The van der Waals surface area contributed by atoms with Crippen LogP contribution >= 0.6 is 0 Å². The minimum atomic E-state index is -0.248. The summed E-state index contributed by atoms with van der Waals surface area (Å²) in [6, 6.07) is 4.81. The number of nitrogens with one attached hydrogen (secondary N) is 1. The molecule has 0 fully saturated rings. The summed E-state index contributed by atoms with van der Waals surface area (Å²) >= 11 is 0. The third kappa shape index (κ3) is 2.64. The lowest BCUT2D eigenvalue weighted by molar-refractivity contribution is 0.0958. The monoisotopic (exact) mass is 204 g/mol. The molecule has 4 nitrogen and oxygen atoms in total. The van der Waals surface area contributed by atoms with Gasteiger partial charge in [0.25, 0.3) is 5.91 Å². The van der Waals surface area contributed by atoms with Gasteiger partial charge in [0.15, 0.2) is 0 Å². The first-order chi connectivity index (χ1) is 7.19. The van der Waals surface area contributed by atoms with Crippen LogP contribution in [-0.2, 0) is 0 Å². The van der Waals surface area contributed by atoms with Crippen LogP contribution < -0.4 is 15.8 Å². The van der Waals surface area contributed by atoms with Gasteiger partial charge in [-0.3, -0.25) is 4.79 Å². The van der Waals surface area contributed by atoms with Gasteiger partial charge < -0.3 is 15.8 Å². The molecule has 0 aliphatic heterocycles. The summed E-state index contributed by atoms with van der Waals surface area (Å²) in [5.41, 5.74) is 6.54. The maximum Gasteiger partial charge on any atom is 0.252 e. The number of hydrogen-bond donors (Lipinski definition) is 2. The van der Waals surface area contributed by atoms with Crippen molar-refractivity contribution in [2.75, 3.05) is 19.4 Å². The van der Waals surface area contributed by atoms with Gasteiger partial charge >= 0.3 is 0 Å². The number of nitrogen functional groups attached to an aromatic ring is 1. The number of ether oxygens (including phenoxy) is 1. The fourth-order valence-electron chi connectivity index (χ4n) is 1.11. The summed E-state index contributed by atoms with van der Waals surface area (Å²) < 4.78 is 4.97. The van der Waals surface area contributed by atoms with Crippen molar-refractivity contribution >= 4 is 11.6 Å². The van der Waals surface area contributed by atoms with E-state index in [9.17, 15) is 4.79 Å². The molecule has 0 radical (unpaired) electrons. The van der Waals surface area contributed by atoms with E-state index in [-0.39, 0.29) is 12.5 Å². The molecular weight excluding hydrogens is 192 g/mol. The number of rotatable bonds is 3. The van der Waals surface area contributed by atoms with Crippen molar-refractivity contribution in [3.63, 3.8) is 0 Å². The molecule has 15 heavy (non-hydrogen) atoms. The minimum absolute atomic E-state index is 0.199. The Morgan fingerprint density at radius 3 is 2.93 bits per heavy atom. The fraction of sp³-hybridized carbons (Fsp3) is 0.182. The van der Waals surface area contributed by atoms with E-state index in [0.29, 0.717) is 17.0 Å². The van der Waals surface area contributed by atoms with Crippen LogP contribution in [0, 0.1) is 12.3 Å². The van der Waals surface area contributed by atoms with E-state index in [2.05, 4.69) is 11.2 Å². The quantitative estimate of drug-likeness (QED) is 0.561. The summed E-state index contributed by atoms with van der Waals surface area (Å²) in [6.07, 6.45) is 5.02. The van der Waals surface area contributed by atoms with Gasteiger partial charge in [0.2, 0.25) is 0 Å². The highest BCUT2D eigenvalue weighted by molar-refractivity contribution is 5.95. The van der Waals surface area contributed by atoms with Crippen molar-refractivity contribution in [3.8, 4) is 18.1 Å². The Kier molecular flexibility index (Phi) is 3.58. The van der Waals surface area contributed by atoms with Gasteiger partial charge in [0.1, 0.15) is 5.75 Å². The van der Waals surface area contributed by atoms with Gasteiger partial charge in [0, 0.05) is 5.56 Å². The highest BCUT2D eigenvalue weighted by Gasteiger charge is 2.06. The van der Waals surface area contributed by atoms with Crippen LogP contribution in [0.15, 0.2) is 18.2 Å². The molecule has 78 valence electrons. The molecule has 0 unspecified atom stereocenters. The van der Waals surface area contributed by atoms with Gasteiger partial charge in [-0.25, -0.2) is 0 Å². The molecule has 0 aliphatic carbocycles. The first-order valence-corrected chi connectivity index (χ1v) is 4.34. The SMILES string of the molecule is C#CCNC(=O)c1ccc(OC)c(N)c1. The normalized spacial score (nSPS) is 9.07. The average molecular weight is 204 g/mol. The predicted molar refractivity (Wildman–Crippen MR) is 58.6 cm³/mol. The third-order valence-corrected chi connectivity index (χ3v) is 1.84. The Hall–Kier alpha value is -2.15. The molecule has 0 saturated heterocycles. The average Bonchev–Trinajstić information content (AvgIpc) is 2.25. The van der Waals surface area contributed by atoms with Gasteiger partial charge in [-0.05, 0) is 18.2 Å². The molecule has 0 aliphatic rings. The van der Waals surface area contributed by atoms with E-state index in [1.54, 1.807) is 18.2 Å². The van der Waals surface area contributed by atoms with Crippen LogP contribution in [0.25, 0.3) is 0 Å². The lowest BCUT2D eigenvalue weighted by Gasteiger charge is -2.06. The Morgan fingerprint density at radius 2 is 2.40 bits per heavy atom. The second-order valence-corrected chi connectivity index (χ2v) is 2.84. The molecule has 0 heterocycles.